The number of ether oxygens (including phenoxy) is 2. The Kier molecular flexibility index (Phi) is 4.46. The van der Waals surface area contributed by atoms with Crippen LogP contribution in [-0.4, -0.2) is 25.3 Å². The summed E-state index contributed by atoms with van der Waals surface area (Å²) in [4.78, 5) is 0. The summed E-state index contributed by atoms with van der Waals surface area (Å²) in [6.07, 6.45) is 4.81. The van der Waals surface area contributed by atoms with Crippen molar-refractivity contribution in [2.75, 3.05) is 19.8 Å². The van der Waals surface area contributed by atoms with Gasteiger partial charge in [-0.25, -0.2) is 0 Å². The van der Waals surface area contributed by atoms with Crippen LogP contribution in [0.25, 0.3) is 0 Å². The van der Waals surface area contributed by atoms with Gasteiger partial charge in [-0.05, 0) is 71.8 Å². The van der Waals surface area contributed by atoms with Crippen LogP contribution in [0.3, 0.4) is 0 Å². The highest BCUT2D eigenvalue weighted by Gasteiger charge is 2.34. The molecule has 2 aliphatic rings. The first-order valence-corrected chi connectivity index (χ1v) is 8.70. The van der Waals surface area contributed by atoms with E-state index in [0.717, 1.165) is 28.9 Å². The molecule has 2 heterocycles. The van der Waals surface area contributed by atoms with E-state index in [4.69, 9.17) is 9.47 Å². The number of rotatable bonds is 4. The minimum absolute atomic E-state index is 0.247. The molecule has 1 N–H and O–H groups in total. The lowest BCUT2D eigenvalue weighted by molar-refractivity contribution is 0.170. The van der Waals surface area contributed by atoms with E-state index in [9.17, 15) is 0 Å². The van der Waals surface area contributed by atoms with E-state index < -0.39 is 0 Å². The van der Waals surface area contributed by atoms with E-state index in [1.807, 2.05) is 0 Å². The number of hydrogen-bond acceptors (Lipinski definition) is 3. The van der Waals surface area contributed by atoms with Crippen molar-refractivity contribution in [3.05, 3.63) is 22.2 Å². The van der Waals surface area contributed by atoms with Gasteiger partial charge in [-0.3, -0.25) is 0 Å². The summed E-state index contributed by atoms with van der Waals surface area (Å²) in [6, 6.07) is 4.34. The first-order valence-electron chi connectivity index (χ1n) is 7.91. The third-order valence-electron chi connectivity index (χ3n) is 4.33. The average molecular weight is 354 g/mol. The summed E-state index contributed by atoms with van der Waals surface area (Å²) in [5.74, 6) is 2.43. The highest BCUT2D eigenvalue weighted by Crippen LogP contribution is 2.40. The molecule has 3 nitrogen and oxygen atoms in total. The van der Waals surface area contributed by atoms with Crippen molar-refractivity contribution in [1.29, 1.82) is 0 Å². The largest absolute Gasteiger partial charge is 0.486 e. The summed E-state index contributed by atoms with van der Waals surface area (Å²) in [7, 11) is 0. The van der Waals surface area contributed by atoms with E-state index >= 15 is 0 Å². The highest BCUT2D eigenvalue weighted by atomic mass is 79.9. The van der Waals surface area contributed by atoms with Crippen molar-refractivity contribution in [3.63, 3.8) is 0 Å². The van der Waals surface area contributed by atoms with Crippen molar-refractivity contribution in [1.82, 2.24) is 5.32 Å². The minimum atomic E-state index is 0.247. The lowest BCUT2D eigenvalue weighted by Crippen LogP contribution is -2.43. The molecule has 0 amide bonds. The number of benzene rings is 1. The molecule has 0 saturated carbocycles. The average Bonchev–Trinajstić information content (AvgIpc) is 2.86. The van der Waals surface area contributed by atoms with Crippen LogP contribution in [0.1, 0.15) is 38.7 Å². The number of hydrogen-bond donors (Lipinski definition) is 1. The lowest BCUT2D eigenvalue weighted by atomic mass is 9.82. The Labute approximate surface area is 135 Å². The van der Waals surface area contributed by atoms with E-state index in [1.54, 1.807) is 0 Å². The molecule has 0 bridgehead atoms. The van der Waals surface area contributed by atoms with Gasteiger partial charge in [0.15, 0.2) is 11.5 Å². The molecule has 2 aliphatic heterocycles. The SMILES string of the molecule is CC(C)CC1(Cc2cc(Br)c3c(c2)OCCO3)CCCN1. The molecule has 116 valence electrons. The summed E-state index contributed by atoms with van der Waals surface area (Å²) >= 11 is 3.63. The predicted molar refractivity (Wildman–Crippen MR) is 88.3 cm³/mol. The standard InChI is InChI=1S/C17H24BrNO2/c1-12(2)10-17(4-3-5-19-17)11-13-8-14(18)16-15(9-13)20-6-7-21-16/h8-9,12,19H,3-7,10-11H2,1-2H3. The Hall–Kier alpha value is -0.740. The summed E-state index contributed by atoms with van der Waals surface area (Å²) < 4.78 is 12.4. The molecule has 0 aliphatic carbocycles. The molecule has 21 heavy (non-hydrogen) atoms. The number of halogens is 1. The Morgan fingerprint density at radius 3 is 2.81 bits per heavy atom. The Balaban J connectivity index is 1.84. The van der Waals surface area contributed by atoms with Gasteiger partial charge in [0, 0.05) is 5.54 Å². The summed E-state index contributed by atoms with van der Waals surface area (Å²) in [5.41, 5.74) is 1.57. The fourth-order valence-corrected chi connectivity index (χ4v) is 4.31. The number of nitrogens with one attached hydrogen (secondary N) is 1. The van der Waals surface area contributed by atoms with E-state index in [0.29, 0.717) is 19.1 Å². The van der Waals surface area contributed by atoms with Gasteiger partial charge in [-0.2, -0.15) is 0 Å². The van der Waals surface area contributed by atoms with Crippen LogP contribution in [0, 0.1) is 5.92 Å². The molecule has 3 rings (SSSR count). The highest BCUT2D eigenvalue weighted by molar-refractivity contribution is 9.10. The predicted octanol–water partition coefficient (Wildman–Crippen LogP) is 3.93. The van der Waals surface area contributed by atoms with Gasteiger partial charge in [0.05, 0.1) is 4.47 Å². The maximum atomic E-state index is 5.75. The van der Waals surface area contributed by atoms with Crippen molar-refractivity contribution >= 4 is 15.9 Å². The van der Waals surface area contributed by atoms with Crippen LogP contribution in [-0.2, 0) is 6.42 Å². The second-order valence-electron chi connectivity index (χ2n) is 6.69. The molecule has 1 aromatic rings. The van der Waals surface area contributed by atoms with Gasteiger partial charge in [0.25, 0.3) is 0 Å². The quantitative estimate of drug-likeness (QED) is 0.889. The van der Waals surface area contributed by atoms with Crippen molar-refractivity contribution in [3.8, 4) is 11.5 Å². The fraction of sp³-hybridized carbons (Fsp3) is 0.647. The van der Waals surface area contributed by atoms with Gasteiger partial charge in [-0.1, -0.05) is 13.8 Å². The molecule has 1 unspecified atom stereocenters. The zero-order valence-electron chi connectivity index (χ0n) is 12.9. The maximum absolute atomic E-state index is 5.75. The molecule has 1 atom stereocenters. The van der Waals surface area contributed by atoms with E-state index in [1.165, 1.54) is 24.8 Å². The number of fused-ring (bicyclic) bond motifs is 1. The maximum Gasteiger partial charge on any atom is 0.175 e. The Morgan fingerprint density at radius 2 is 2.10 bits per heavy atom. The van der Waals surface area contributed by atoms with Crippen molar-refractivity contribution in [2.45, 2.75) is 45.1 Å². The van der Waals surface area contributed by atoms with E-state index in [-0.39, 0.29) is 5.54 Å². The van der Waals surface area contributed by atoms with Crippen LogP contribution >= 0.6 is 15.9 Å². The lowest BCUT2D eigenvalue weighted by Gasteiger charge is -2.32. The molecular weight excluding hydrogens is 330 g/mol. The third-order valence-corrected chi connectivity index (χ3v) is 4.92. The molecular formula is C17H24BrNO2. The van der Waals surface area contributed by atoms with E-state index in [2.05, 4.69) is 47.2 Å². The molecule has 1 aromatic carbocycles. The van der Waals surface area contributed by atoms with Gasteiger partial charge in [0.1, 0.15) is 13.2 Å². The van der Waals surface area contributed by atoms with Gasteiger partial charge in [-0.15, -0.1) is 0 Å². The zero-order chi connectivity index (χ0) is 14.9. The minimum Gasteiger partial charge on any atom is -0.486 e. The summed E-state index contributed by atoms with van der Waals surface area (Å²) in [5, 5.41) is 3.76. The molecule has 0 aromatic heterocycles. The van der Waals surface area contributed by atoms with Crippen LogP contribution < -0.4 is 14.8 Å². The normalized spacial score (nSPS) is 24.6. The van der Waals surface area contributed by atoms with Gasteiger partial charge in [0.2, 0.25) is 0 Å². The smallest absolute Gasteiger partial charge is 0.175 e. The van der Waals surface area contributed by atoms with Crippen LogP contribution in [0.4, 0.5) is 0 Å². The fourth-order valence-electron chi connectivity index (χ4n) is 3.70. The zero-order valence-corrected chi connectivity index (χ0v) is 14.5. The molecule has 1 fully saturated rings. The topological polar surface area (TPSA) is 30.5 Å². The first-order chi connectivity index (χ1) is 10.1. The molecule has 0 radical (unpaired) electrons. The Bertz CT molecular complexity index is 510. The molecule has 4 heteroatoms. The molecule has 1 saturated heterocycles. The third kappa shape index (κ3) is 3.37. The van der Waals surface area contributed by atoms with Gasteiger partial charge < -0.3 is 14.8 Å². The first kappa shape index (κ1) is 15.2. The van der Waals surface area contributed by atoms with Gasteiger partial charge >= 0.3 is 0 Å². The van der Waals surface area contributed by atoms with Crippen molar-refractivity contribution in [2.24, 2.45) is 5.92 Å². The van der Waals surface area contributed by atoms with Crippen molar-refractivity contribution < 1.29 is 9.47 Å². The second kappa shape index (κ2) is 6.17. The van der Waals surface area contributed by atoms with Crippen LogP contribution in [0.2, 0.25) is 0 Å². The second-order valence-corrected chi connectivity index (χ2v) is 7.54. The van der Waals surface area contributed by atoms with Crippen LogP contribution in [0.15, 0.2) is 16.6 Å². The van der Waals surface area contributed by atoms with Crippen LogP contribution in [0.5, 0.6) is 11.5 Å². The Morgan fingerprint density at radius 1 is 1.29 bits per heavy atom. The molecule has 0 spiro atoms. The summed E-state index contributed by atoms with van der Waals surface area (Å²) in [6.45, 7) is 7.02. The monoisotopic (exact) mass is 353 g/mol.